The number of nitrogens with zero attached hydrogens (tertiary/aromatic N) is 6. The lowest BCUT2D eigenvalue weighted by molar-refractivity contribution is -0.116. The number of rotatable bonds is 5. The number of benzene rings is 1. The maximum absolute atomic E-state index is 11.6. The molecule has 7 nitrogen and oxygen atoms in total. The van der Waals surface area contributed by atoms with Crippen LogP contribution in [0.25, 0.3) is 11.4 Å². The first kappa shape index (κ1) is 16.3. The molecule has 0 aliphatic carbocycles. The highest BCUT2D eigenvalue weighted by molar-refractivity contribution is 7.14. The molecule has 124 valence electrons. The Hall–Kier alpha value is -2.61. The van der Waals surface area contributed by atoms with Crippen molar-refractivity contribution in [3.8, 4) is 11.4 Å². The summed E-state index contributed by atoms with van der Waals surface area (Å²) in [5, 5.41) is 15.2. The van der Waals surface area contributed by atoms with Crippen LogP contribution in [0, 0.1) is 6.92 Å². The minimum atomic E-state index is -0.0149. The largest absolute Gasteiger partial charge is 0.289 e. The van der Waals surface area contributed by atoms with Crippen LogP contribution in [0.4, 0.5) is 5.13 Å². The standard InChI is InChI=1S/C16H18N6OS/c1-4-21(12(3)23)16-17-14(10-24-16)9-22-19-15(18-20-22)13-7-5-11(2)6-8-13/h5-8,10H,4,9H2,1-3H3. The number of aromatic nitrogens is 5. The average molecular weight is 342 g/mol. The molecule has 3 rings (SSSR count). The quantitative estimate of drug-likeness (QED) is 0.712. The van der Waals surface area contributed by atoms with Crippen LogP contribution in [-0.2, 0) is 11.3 Å². The lowest BCUT2D eigenvalue weighted by Crippen LogP contribution is -2.27. The van der Waals surface area contributed by atoms with E-state index in [9.17, 15) is 4.79 Å². The topological polar surface area (TPSA) is 76.8 Å². The second-order valence-corrected chi connectivity index (χ2v) is 6.23. The van der Waals surface area contributed by atoms with Crippen molar-refractivity contribution in [1.29, 1.82) is 0 Å². The second kappa shape index (κ2) is 6.88. The lowest BCUT2D eigenvalue weighted by atomic mass is 10.1. The third kappa shape index (κ3) is 3.48. The molecule has 1 amide bonds. The van der Waals surface area contributed by atoms with Crippen LogP contribution in [0.15, 0.2) is 29.6 Å². The molecule has 8 heteroatoms. The zero-order valence-corrected chi connectivity index (χ0v) is 14.6. The van der Waals surface area contributed by atoms with Crippen LogP contribution >= 0.6 is 11.3 Å². The minimum Gasteiger partial charge on any atom is -0.289 e. The maximum Gasteiger partial charge on any atom is 0.225 e. The van der Waals surface area contributed by atoms with Crippen LogP contribution in [0.5, 0.6) is 0 Å². The number of aryl methyl sites for hydroxylation is 1. The van der Waals surface area contributed by atoms with Crippen LogP contribution < -0.4 is 4.90 Å². The van der Waals surface area contributed by atoms with Crippen molar-refractivity contribution >= 4 is 22.4 Å². The van der Waals surface area contributed by atoms with Crippen LogP contribution in [0.3, 0.4) is 0 Å². The van der Waals surface area contributed by atoms with Gasteiger partial charge in [-0.25, -0.2) is 4.98 Å². The van der Waals surface area contributed by atoms with Gasteiger partial charge >= 0.3 is 0 Å². The molecule has 0 bridgehead atoms. The number of carbonyl (C=O) groups excluding carboxylic acids is 1. The predicted molar refractivity (Wildman–Crippen MR) is 92.9 cm³/mol. The minimum absolute atomic E-state index is 0.0149. The van der Waals surface area contributed by atoms with E-state index in [2.05, 4.69) is 20.4 Å². The Labute approximate surface area is 144 Å². The Morgan fingerprint density at radius 1 is 1.29 bits per heavy atom. The van der Waals surface area contributed by atoms with Crippen LogP contribution in [-0.4, -0.2) is 37.6 Å². The van der Waals surface area contributed by atoms with Crippen molar-refractivity contribution in [2.45, 2.75) is 27.3 Å². The molecule has 0 aliphatic heterocycles. The lowest BCUT2D eigenvalue weighted by Gasteiger charge is -2.14. The fourth-order valence-electron chi connectivity index (χ4n) is 2.26. The third-order valence-electron chi connectivity index (χ3n) is 3.53. The fraction of sp³-hybridized carbons (Fsp3) is 0.312. The van der Waals surface area contributed by atoms with Crippen molar-refractivity contribution in [3.63, 3.8) is 0 Å². The SMILES string of the molecule is CCN(C(C)=O)c1nc(Cn2nnc(-c3ccc(C)cc3)n2)cs1. The number of hydrogen-bond donors (Lipinski definition) is 0. The van der Waals surface area contributed by atoms with Crippen molar-refractivity contribution in [2.24, 2.45) is 0 Å². The smallest absolute Gasteiger partial charge is 0.225 e. The molecule has 2 aromatic heterocycles. The van der Waals surface area contributed by atoms with Gasteiger partial charge in [0, 0.05) is 24.4 Å². The summed E-state index contributed by atoms with van der Waals surface area (Å²) in [6, 6.07) is 7.99. The van der Waals surface area contributed by atoms with E-state index in [1.807, 2.05) is 43.5 Å². The molecule has 0 spiro atoms. The zero-order valence-electron chi connectivity index (χ0n) is 13.8. The number of amides is 1. The number of carbonyl (C=O) groups is 1. The molecule has 2 heterocycles. The van der Waals surface area contributed by atoms with Gasteiger partial charge in [-0.05, 0) is 19.1 Å². The Morgan fingerprint density at radius 3 is 2.71 bits per heavy atom. The van der Waals surface area contributed by atoms with Crippen LogP contribution in [0.2, 0.25) is 0 Å². The fourth-order valence-corrected chi connectivity index (χ4v) is 3.18. The first-order chi connectivity index (χ1) is 11.6. The van der Waals surface area contributed by atoms with Gasteiger partial charge in [-0.15, -0.1) is 21.5 Å². The van der Waals surface area contributed by atoms with Gasteiger partial charge in [0.25, 0.3) is 0 Å². The number of tetrazole rings is 1. The molecule has 3 aromatic rings. The molecule has 0 unspecified atom stereocenters. The Morgan fingerprint density at radius 2 is 2.04 bits per heavy atom. The van der Waals surface area contributed by atoms with E-state index in [0.717, 1.165) is 11.3 Å². The molecular weight excluding hydrogens is 324 g/mol. The summed E-state index contributed by atoms with van der Waals surface area (Å²) in [4.78, 5) is 19.2. The zero-order chi connectivity index (χ0) is 17.1. The van der Waals surface area contributed by atoms with Crippen LogP contribution in [0.1, 0.15) is 25.1 Å². The highest BCUT2D eigenvalue weighted by Gasteiger charge is 2.14. The highest BCUT2D eigenvalue weighted by atomic mass is 32.1. The summed E-state index contributed by atoms with van der Waals surface area (Å²) in [6.07, 6.45) is 0. The second-order valence-electron chi connectivity index (χ2n) is 5.39. The molecule has 0 saturated carbocycles. The third-order valence-corrected chi connectivity index (χ3v) is 4.45. The van der Waals surface area contributed by atoms with Gasteiger partial charge in [-0.2, -0.15) is 4.80 Å². The first-order valence-electron chi connectivity index (χ1n) is 7.64. The van der Waals surface area contributed by atoms with E-state index >= 15 is 0 Å². The molecule has 24 heavy (non-hydrogen) atoms. The highest BCUT2D eigenvalue weighted by Crippen LogP contribution is 2.21. The van der Waals surface area contributed by atoms with E-state index in [1.165, 1.54) is 28.6 Å². The van der Waals surface area contributed by atoms with Gasteiger partial charge in [0.1, 0.15) is 6.54 Å². The summed E-state index contributed by atoms with van der Waals surface area (Å²) in [6.45, 7) is 6.52. The van der Waals surface area contributed by atoms with E-state index in [4.69, 9.17) is 0 Å². The van der Waals surface area contributed by atoms with Gasteiger partial charge in [-0.1, -0.05) is 29.8 Å². The summed E-state index contributed by atoms with van der Waals surface area (Å²) < 4.78 is 0. The maximum atomic E-state index is 11.6. The summed E-state index contributed by atoms with van der Waals surface area (Å²) in [7, 11) is 0. The number of hydrogen-bond acceptors (Lipinski definition) is 6. The van der Waals surface area contributed by atoms with Crippen molar-refractivity contribution in [2.75, 3.05) is 11.4 Å². The van der Waals surface area contributed by atoms with Gasteiger partial charge in [0.05, 0.1) is 5.69 Å². The number of anilines is 1. The van der Waals surface area contributed by atoms with Gasteiger partial charge in [-0.3, -0.25) is 9.69 Å². The molecule has 0 fully saturated rings. The van der Waals surface area contributed by atoms with Gasteiger partial charge in [0.2, 0.25) is 11.7 Å². The summed E-state index contributed by atoms with van der Waals surface area (Å²) >= 11 is 1.44. The molecule has 0 atom stereocenters. The first-order valence-corrected chi connectivity index (χ1v) is 8.52. The molecular formula is C16H18N6OS. The number of thiazole rings is 1. The molecule has 0 radical (unpaired) electrons. The van der Waals surface area contributed by atoms with Crippen molar-refractivity contribution < 1.29 is 4.79 Å². The van der Waals surface area contributed by atoms with Crippen molar-refractivity contribution in [3.05, 3.63) is 40.9 Å². The predicted octanol–water partition coefficient (Wildman–Crippen LogP) is 2.53. The Bertz CT molecular complexity index is 838. The van der Waals surface area contributed by atoms with Gasteiger partial charge < -0.3 is 0 Å². The summed E-state index contributed by atoms with van der Waals surface area (Å²) in [5.74, 6) is 0.573. The molecule has 0 N–H and O–H groups in total. The Kier molecular flexibility index (Phi) is 4.66. The molecule has 0 saturated heterocycles. The molecule has 1 aromatic carbocycles. The van der Waals surface area contributed by atoms with E-state index < -0.39 is 0 Å². The van der Waals surface area contributed by atoms with Gasteiger partial charge in [0.15, 0.2) is 5.13 Å². The van der Waals surface area contributed by atoms with Crippen molar-refractivity contribution in [1.82, 2.24) is 25.2 Å². The van der Waals surface area contributed by atoms with E-state index in [1.54, 1.807) is 4.90 Å². The monoisotopic (exact) mass is 342 g/mol. The molecule has 0 aliphatic rings. The Balaban J connectivity index is 1.74. The summed E-state index contributed by atoms with van der Waals surface area (Å²) in [5.41, 5.74) is 2.93. The average Bonchev–Trinajstić information content (AvgIpc) is 3.19. The normalized spacial score (nSPS) is 10.8. The van der Waals surface area contributed by atoms with E-state index in [-0.39, 0.29) is 5.91 Å². The van der Waals surface area contributed by atoms with E-state index in [0.29, 0.717) is 24.0 Å².